The second-order valence-corrected chi connectivity index (χ2v) is 7.57. The van der Waals surface area contributed by atoms with Crippen molar-refractivity contribution in [3.8, 4) is 0 Å². The largest absolute Gasteiger partial charge is 0.462 e. The van der Waals surface area contributed by atoms with Gasteiger partial charge < -0.3 is 10.1 Å². The Morgan fingerprint density at radius 2 is 2.07 bits per heavy atom. The van der Waals surface area contributed by atoms with E-state index in [4.69, 9.17) is 16.3 Å². The number of nitrogens with one attached hydrogen (secondary N) is 1. The Hall–Kier alpha value is -2.71. The van der Waals surface area contributed by atoms with Crippen LogP contribution in [0.5, 0.6) is 0 Å². The van der Waals surface area contributed by atoms with Gasteiger partial charge in [0.05, 0.1) is 29.0 Å². The molecule has 1 N–H and O–H groups in total. The van der Waals surface area contributed by atoms with Crippen molar-refractivity contribution >= 4 is 50.7 Å². The maximum Gasteiger partial charge on any atom is 0.348 e. The number of carbonyl (C=O) groups is 2. The summed E-state index contributed by atoms with van der Waals surface area (Å²) in [5.41, 5.74) is 1.56. The van der Waals surface area contributed by atoms with E-state index >= 15 is 0 Å². The second kappa shape index (κ2) is 8.12. The van der Waals surface area contributed by atoms with E-state index in [1.165, 1.54) is 10.9 Å². The lowest BCUT2D eigenvalue weighted by Gasteiger charge is -2.09. The lowest BCUT2D eigenvalue weighted by atomic mass is 10.2. The number of hydrogen-bond acceptors (Lipinski definition) is 6. The number of nitrogens with zero attached hydrogens (tertiary/aromatic N) is 2. The molecular formula is C19H18ClN3O4S. The molecule has 0 bridgehead atoms. The molecule has 0 fully saturated rings. The number of carbonyl (C=O) groups excluding carboxylic acids is 2. The van der Waals surface area contributed by atoms with Crippen molar-refractivity contribution in [1.82, 2.24) is 9.55 Å². The van der Waals surface area contributed by atoms with Crippen LogP contribution in [0.3, 0.4) is 0 Å². The molecule has 146 valence electrons. The summed E-state index contributed by atoms with van der Waals surface area (Å²) in [6, 6.07) is 5.27. The van der Waals surface area contributed by atoms with Crippen LogP contribution in [0.25, 0.3) is 10.2 Å². The zero-order chi connectivity index (χ0) is 20.4. The van der Waals surface area contributed by atoms with Gasteiger partial charge in [-0.05, 0) is 44.0 Å². The van der Waals surface area contributed by atoms with E-state index in [2.05, 4.69) is 10.3 Å². The number of esters is 1. The molecule has 2 heterocycles. The molecule has 0 saturated carbocycles. The molecular weight excluding hydrogens is 402 g/mol. The summed E-state index contributed by atoms with van der Waals surface area (Å²) in [6.07, 6.45) is 1.30. The molecule has 28 heavy (non-hydrogen) atoms. The maximum absolute atomic E-state index is 12.8. The summed E-state index contributed by atoms with van der Waals surface area (Å²) in [4.78, 5) is 42.2. The van der Waals surface area contributed by atoms with Gasteiger partial charge in [0.25, 0.3) is 5.56 Å². The van der Waals surface area contributed by atoms with E-state index in [-0.39, 0.29) is 18.7 Å². The summed E-state index contributed by atoms with van der Waals surface area (Å²) in [7, 11) is 0. The predicted molar refractivity (Wildman–Crippen MR) is 109 cm³/mol. The SMILES string of the molecule is CCOC(=O)c1sc2ncn(CC(=O)Nc3ccc(C)cc3Cl)c(=O)c2c1C. The van der Waals surface area contributed by atoms with Gasteiger partial charge in [-0.2, -0.15) is 0 Å². The van der Waals surface area contributed by atoms with E-state index < -0.39 is 11.9 Å². The minimum atomic E-state index is -0.485. The van der Waals surface area contributed by atoms with Crippen molar-refractivity contribution < 1.29 is 14.3 Å². The highest BCUT2D eigenvalue weighted by molar-refractivity contribution is 7.20. The molecule has 3 aromatic rings. The van der Waals surface area contributed by atoms with Gasteiger partial charge in [0.2, 0.25) is 5.91 Å². The highest BCUT2D eigenvalue weighted by atomic mass is 35.5. The Bertz CT molecular complexity index is 1140. The highest BCUT2D eigenvalue weighted by Gasteiger charge is 2.20. The first-order valence-electron chi connectivity index (χ1n) is 8.53. The van der Waals surface area contributed by atoms with E-state index in [0.717, 1.165) is 16.9 Å². The monoisotopic (exact) mass is 419 g/mol. The summed E-state index contributed by atoms with van der Waals surface area (Å²) in [6.45, 7) is 5.29. The average molecular weight is 420 g/mol. The van der Waals surface area contributed by atoms with Gasteiger partial charge in [-0.1, -0.05) is 17.7 Å². The molecule has 0 saturated heterocycles. The lowest BCUT2D eigenvalue weighted by molar-refractivity contribution is -0.116. The number of anilines is 1. The zero-order valence-corrected chi connectivity index (χ0v) is 17.1. The fourth-order valence-corrected chi connectivity index (χ4v) is 4.04. The predicted octanol–water partition coefficient (Wildman–Crippen LogP) is 3.54. The molecule has 1 aromatic carbocycles. The molecule has 9 heteroatoms. The van der Waals surface area contributed by atoms with Gasteiger partial charge in [0, 0.05) is 0 Å². The van der Waals surface area contributed by atoms with E-state index in [1.54, 1.807) is 26.0 Å². The molecule has 3 rings (SSSR count). The zero-order valence-electron chi connectivity index (χ0n) is 15.5. The molecule has 0 aliphatic carbocycles. The van der Waals surface area contributed by atoms with Crippen LogP contribution in [0.4, 0.5) is 5.69 Å². The second-order valence-electron chi connectivity index (χ2n) is 6.17. The highest BCUT2D eigenvalue weighted by Crippen LogP contribution is 2.27. The number of amides is 1. The summed E-state index contributed by atoms with van der Waals surface area (Å²) >= 11 is 7.23. The van der Waals surface area contributed by atoms with Gasteiger partial charge in [0.1, 0.15) is 16.3 Å². The van der Waals surface area contributed by atoms with Crippen molar-refractivity contribution in [2.45, 2.75) is 27.3 Å². The number of ether oxygens (including phenoxy) is 1. The topological polar surface area (TPSA) is 90.3 Å². The van der Waals surface area contributed by atoms with Gasteiger partial charge in [-0.25, -0.2) is 9.78 Å². The average Bonchev–Trinajstić information content (AvgIpc) is 2.97. The van der Waals surface area contributed by atoms with Crippen LogP contribution >= 0.6 is 22.9 Å². The van der Waals surface area contributed by atoms with Gasteiger partial charge in [-0.3, -0.25) is 14.2 Å². The van der Waals surface area contributed by atoms with Crippen molar-refractivity contribution in [3.05, 3.63) is 55.9 Å². The van der Waals surface area contributed by atoms with Crippen molar-refractivity contribution in [2.75, 3.05) is 11.9 Å². The Morgan fingerprint density at radius 1 is 1.32 bits per heavy atom. The first kappa shape index (κ1) is 20.0. The third kappa shape index (κ3) is 3.93. The Labute approximate surface area is 169 Å². The lowest BCUT2D eigenvalue weighted by Crippen LogP contribution is -2.28. The van der Waals surface area contributed by atoms with Crippen LogP contribution in [0.1, 0.15) is 27.7 Å². The molecule has 0 spiro atoms. The normalized spacial score (nSPS) is 10.9. The van der Waals surface area contributed by atoms with Crippen LogP contribution in [0.2, 0.25) is 5.02 Å². The first-order chi connectivity index (χ1) is 13.3. The van der Waals surface area contributed by atoms with Crippen LogP contribution in [-0.4, -0.2) is 28.0 Å². The van der Waals surface area contributed by atoms with Crippen LogP contribution in [0, 0.1) is 13.8 Å². The fourth-order valence-electron chi connectivity index (χ4n) is 2.73. The van der Waals surface area contributed by atoms with Crippen molar-refractivity contribution in [3.63, 3.8) is 0 Å². The smallest absolute Gasteiger partial charge is 0.348 e. The van der Waals surface area contributed by atoms with Crippen molar-refractivity contribution in [2.24, 2.45) is 0 Å². The number of thiophene rings is 1. The molecule has 0 radical (unpaired) electrons. The van der Waals surface area contributed by atoms with E-state index in [0.29, 0.717) is 31.4 Å². The van der Waals surface area contributed by atoms with Crippen molar-refractivity contribution in [1.29, 1.82) is 0 Å². The molecule has 0 atom stereocenters. The third-order valence-electron chi connectivity index (χ3n) is 4.09. The van der Waals surface area contributed by atoms with Gasteiger partial charge in [0.15, 0.2) is 0 Å². The Morgan fingerprint density at radius 3 is 2.75 bits per heavy atom. The minimum Gasteiger partial charge on any atom is -0.462 e. The third-order valence-corrected chi connectivity index (χ3v) is 5.58. The molecule has 0 aliphatic heterocycles. The first-order valence-corrected chi connectivity index (χ1v) is 9.73. The Balaban J connectivity index is 1.88. The number of fused-ring (bicyclic) bond motifs is 1. The number of halogens is 1. The van der Waals surface area contributed by atoms with Crippen LogP contribution in [-0.2, 0) is 16.1 Å². The van der Waals surface area contributed by atoms with E-state index in [1.807, 2.05) is 13.0 Å². The fraction of sp³-hybridized carbons (Fsp3) is 0.263. The molecule has 1 amide bonds. The molecule has 7 nitrogen and oxygen atoms in total. The van der Waals surface area contributed by atoms with Gasteiger partial charge >= 0.3 is 5.97 Å². The van der Waals surface area contributed by atoms with Crippen LogP contribution < -0.4 is 10.9 Å². The number of aryl methyl sites for hydroxylation is 2. The molecule has 0 unspecified atom stereocenters. The molecule has 0 aliphatic rings. The van der Waals surface area contributed by atoms with E-state index in [9.17, 15) is 14.4 Å². The summed E-state index contributed by atoms with van der Waals surface area (Å²) < 4.78 is 6.22. The summed E-state index contributed by atoms with van der Waals surface area (Å²) in [5, 5.41) is 3.42. The quantitative estimate of drug-likeness (QED) is 0.639. The molecule has 2 aromatic heterocycles. The van der Waals surface area contributed by atoms with Gasteiger partial charge in [-0.15, -0.1) is 11.3 Å². The number of rotatable bonds is 5. The number of hydrogen-bond donors (Lipinski definition) is 1. The standard InChI is InChI=1S/C19H18ClN3O4S/c1-4-27-19(26)16-11(3)15-17(28-16)21-9-23(18(15)25)8-14(24)22-13-6-5-10(2)7-12(13)20/h5-7,9H,4,8H2,1-3H3,(H,22,24). The minimum absolute atomic E-state index is 0.226. The maximum atomic E-state index is 12.8. The van der Waals surface area contributed by atoms with Crippen LogP contribution in [0.15, 0.2) is 29.3 Å². The number of aromatic nitrogens is 2. The Kier molecular flexibility index (Phi) is 5.81. The number of benzene rings is 1. The summed E-state index contributed by atoms with van der Waals surface area (Å²) in [5.74, 6) is -0.895.